The van der Waals surface area contributed by atoms with Gasteiger partial charge in [-0.05, 0) is 5.92 Å². The first-order chi connectivity index (χ1) is 10.4. The second-order valence-electron chi connectivity index (χ2n) is 6.00. The second kappa shape index (κ2) is 5.30. The molecule has 1 amide bonds. The lowest BCUT2D eigenvalue weighted by molar-refractivity contribution is -0.0493. The van der Waals surface area contributed by atoms with Crippen LogP contribution in [0.3, 0.4) is 0 Å². The summed E-state index contributed by atoms with van der Waals surface area (Å²) in [5.41, 5.74) is 2.24. The lowest BCUT2D eigenvalue weighted by Crippen LogP contribution is -2.42. The Balaban J connectivity index is 1.89. The SMILES string of the molecule is CC(C)c1cnc2[nH]cc(C(=O)N3CCC(F)(F)CC3)c2n1. The molecule has 0 radical (unpaired) electrons. The number of piperidine rings is 1. The van der Waals surface area contributed by atoms with Gasteiger partial charge in [0.05, 0.1) is 17.5 Å². The molecule has 0 aliphatic carbocycles. The molecule has 0 atom stereocenters. The number of fused-ring (bicyclic) bond motifs is 1. The van der Waals surface area contributed by atoms with Gasteiger partial charge in [-0.2, -0.15) is 0 Å². The van der Waals surface area contributed by atoms with Gasteiger partial charge in [0.2, 0.25) is 0 Å². The summed E-state index contributed by atoms with van der Waals surface area (Å²) < 4.78 is 26.4. The largest absolute Gasteiger partial charge is 0.344 e. The predicted octanol–water partition coefficient (Wildman–Crippen LogP) is 2.95. The zero-order chi connectivity index (χ0) is 15.9. The van der Waals surface area contributed by atoms with Crippen molar-refractivity contribution in [3.8, 4) is 0 Å². The van der Waals surface area contributed by atoms with E-state index in [1.807, 2.05) is 13.8 Å². The molecule has 0 aromatic carbocycles. The Kier molecular flexibility index (Phi) is 3.58. The van der Waals surface area contributed by atoms with Crippen LogP contribution in [-0.4, -0.2) is 44.8 Å². The number of H-pyrrole nitrogens is 1. The summed E-state index contributed by atoms with van der Waals surface area (Å²) in [6, 6.07) is 0. The van der Waals surface area contributed by atoms with Crippen molar-refractivity contribution < 1.29 is 13.6 Å². The number of nitrogens with one attached hydrogen (secondary N) is 1. The van der Waals surface area contributed by atoms with Crippen LogP contribution in [0.25, 0.3) is 11.2 Å². The summed E-state index contributed by atoms with van der Waals surface area (Å²) >= 11 is 0. The summed E-state index contributed by atoms with van der Waals surface area (Å²) in [5.74, 6) is -2.73. The topological polar surface area (TPSA) is 61.9 Å². The third kappa shape index (κ3) is 2.67. The van der Waals surface area contributed by atoms with E-state index in [2.05, 4.69) is 15.0 Å². The number of aromatic amines is 1. The molecular formula is C15H18F2N4O. The number of hydrogen-bond acceptors (Lipinski definition) is 3. The van der Waals surface area contributed by atoms with Crippen molar-refractivity contribution in [1.82, 2.24) is 19.9 Å². The van der Waals surface area contributed by atoms with Gasteiger partial charge in [0.15, 0.2) is 5.65 Å². The maximum Gasteiger partial charge on any atom is 0.257 e. The van der Waals surface area contributed by atoms with E-state index in [9.17, 15) is 13.6 Å². The van der Waals surface area contributed by atoms with Crippen LogP contribution < -0.4 is 0 Å². The van der Waals surface area contributed by atoms with E-state index in [1.165, 1.54) is 4.90 Å². The van der Waals surface area contributed by atoms with E-state index in [0.717, 1.165) is 5.69 Å². The molecular weight excluding hydrogens is 290 g/mol. The van der Waals surface area contributed by atoms with E-state index < -0.39 is 5.92 Å². The highest BCUT2D eigenvalue weighted by Crippen LogP contribution is 2.29. The molecule has 1 aliphatic rings. The van der Waals surface area contributed by atoms with Crippen LogP contribution in [0.2, 0.25) is 0 Å². The second-order valence-corrected chi connectivity index (χ2v) is 6.00. The minimum absolute atomic E-state index is 0.0653. The van der Waals surface area contributed by atoms with Crippen molar-refractivity contribution in [2.75, 3.05) is 13.1 Å². The van der Waals surface area contributed by atoms with Crippen LogP contribution >= 0.6 is 0 Å². The van der Waals surface area contributed by atoms with Crippen molar-refractivity contribution in [1.29, 1.82) is 0 Å². The van der Waals surface area contributed by atoms with Crippen LogP contribution in [0.15, 0.2) is 12.4 Å². The maximum absolute atomic E-state index is 13.2. The highest BCUT2D eigenvalue weighted by Gasteiger charge is 2.36. The van der Waals surface area contributed by atoms with Gasteiger partial charge in [-0.25, -0.2) is 18.7 Å². The Hall–Kier alpha value is -2.05. The summed E-state index contributed by atoms with van der Waals surface area (Å²) in [6.07, 6.45) is 2.66. The number of amides is 1. The van der Waals surface area contributed by atoms with Crippen LogP contribution in [-0.2, 0) is 0 Å². The number of rotatable bonds is 2. The Morgan fingerprint density at radius 1 is 1.36 bits per heavy atom. The van der Waals surface area contributed by atoms with Crippen molar-refractivity contribution in [3.63, 3.8) is 0 Å². The molecule has 2 aromatic rings. The molecule has 0 saturated carbocycles. The Morgan fingerprint density at radius 3 is 2.68 bits per heavy atom. The van der Waals surface area contributed by atoms with Crippen LogP contribution in [0, 0.1) is 0 Å². The molecule has 3 heterocycles. The summed E-state index contributed by atoms with van der Waals surface area (Å²) in [6.45, 7) is 4.12. The Morgan fingerprint density at radius 2 is 2.05 bits per heavy atom. The van der Waals surface area contributed by atoms with Gasteiger partial charge in [-0.1, -0.05) is 13.8 Å². The van der Waals surface area contributed by atoms with E-state index in [0.29, 0.717) is 16.7 Å². The summed E-state index contributed by atoms with van der Waals surface area (Å²) in [5, 5.41) is 0. The molecule has 5 nitrogen and oxygen atoms in total. The molecule has 1 aliphatic heterocycles. The Bertz CT molecular complexity index is 701. The first-order valence-electron chi connectivity index (χ1n) is 7.38. The zero-order valence-electron chi connectivity index (χ0n) is 12.6. The molecule has 0 bridgehead atoms. The van der Waals surface area contributed by atoms with Gasteiger partial charge in [0.1, 0.15) is 5.52 Å². The molecule has 118 valence electrons. The number of carbonyl (C=O) groups is 1. The van der Waals surface area contributed by atoms with E-state index >= 15 is 0 Å². The number of alkyl halides is 2. The first-order valence-corrected chi connectivity index (χ1v) is 7.38. The third-order valence-corrected chi connectivity index (χ3v) is 4.00. The lowest BCUT2D eigenvalue weighted by atomic mass is 10.1. The number of halogens is 2. The van der Waals surface area contributed by atoms with Gasteiger partial charge in [-0.15, -0.1) is 0 Å². The molecule has 3 rings (SSSR count). The lowest BCUT2D eigenvalue weighted by Gasteiger charge is -2.31. The van der Waals surface area contributed by atoms with E-state index in [-0.39, 0.29) is 37.8 Å². The molecule has 0 unspecified atom stereocenters. The fraction of sp³-hybridized carbons (Fsp3) is 0.533. The van der Waals surface area contributed by atoms with Gasteiger partial charge >= 0.3 is 0 Å². The smallest absolute Gasteiger partial charge is 0.257 e. The van der Waals surface area contributed by atoms with Crippen LogP contribution in [0.4, 0.5) is 8.78 Å². The quantitative estimate of drug-likeness (QED) is 0.928. The average Bonchev–Trinajstić information content (AvgIpc) is 2.89. The summed E-state index contributed by atoms with van der Waals surface area (Å²) in [7, 11) is 0. The highest BCUT2D eigenvalue weighted by molar-refractivity contribution is 6.04. The first kappa shape index (κ1) is 14.9. The number of aromatic nitrogens is 3. The average molecular weight is 308 g/mol. The van der Waals surface area contributed by atoms with Gasteiger partial charge in [-0.3, -0.25) is 4.79 Å². The third-order valence-electron chi connectivity index (χ3n) is 4.00. The molecule has 1 saturated heterocycles. The molecule has 22 heavy (non-hydrogen) atoms. The zero-order valence-corrected chi connectivity index (χ0v) is 12.6. The fourth-order valence-corrected chi connectivity index (χ4v) is 2.55. The van der Waals surface area contributed by atoms with Crippen LogP contribution in [0.5, 0.6) is 0 Å². The predicted molar refractivity (Wildman–Crippen MR) is 78.1 cm³/mol. The van der Waals surface area contributed by atoms with Crippen molar-refractivity contribution in [3.05, 3.63) is 23.7 Å². The monoisotopic (exact) mass is 308 g/mol. The minimum atomic E-state index is -2.67. The van der Waals surface area contributed by atoms with Gasteiger partial charge in [0, 0.05) is 32.1 Å². The fourth-order valence-electron chi connectivity index (χ4n) is 2.55. The van der Waals surface area contributed by atoms with Crippen LogP contribution in [0.1, 0.15) is 48.7 Å². The molecule has 1 fully saturated rings. The number of carbonyl (C=O) groups excluding carboxylic acids is 1. The maximum atomic E-state index is 13.2. The Labute approximate surface area is 126 Å². The minimum Gasteiger partial charge on any atom is -0.344 e. The molecule has 2 aromatic heterocycles. The number of nitrogens with zero attached hydrogens (tertiary/aromatic N) is 3. The number of hydrogen-bond donors (Lipinski definition) is 1. The highest BCUT2D eigenvalue weighted by atomic mass is 19.3. The molecule has 7 heteroatoms. The molecule has 0 spiro atoms. The van der Waals surface area contributed by atoms with Crippen molar-refractivity contribution >= 4 is 17.1 Å². The van der Waals surface area contributed by atoms with Gasteiger partial charge in [0.25, 0.3) is 11.8 Å². The van der Waals surface area contributed by atoms with Crippen molar-refractivity contribution in [2.45, 2.75) is 38.5 Å². The van der Waals surface area contributed by atoms with Crippen molar-refractivity contribution in [2.24, 2.45) is 0 Å². The normalized spacial score (nSPS) is 18.1. The number of likely N-dealkylation sites (tertiary alicyclic amines) is 1. The summed E-state index contributed by atoms with van der Waals surface area (Å²) in [4.78, 5) is 25.7. The van der Waals surface area contributed by atoms with Gasteiger partial charge < -0.3 is 9.88 Å². The van der Waals surface area contributed by atoms with E-state index in [4.69, 9.17) is 0 Å². The standard InChI is InChI=1S/C15H18F2N4O/c1-9(2)11-8-19-13-12(20-11)10(7-18-13)14(22)21-5-3-15(16,17)4-6-21/h7-9H,3-6H2,1-2H3,(H,18,19). The van der Waals surface area contributed by atoms with E-state index in [1.54, 1.807) is 12.4 Å². The molecule has 1 N–H and O–H groups in total.